The first-order valence-electron chi connectivity index (χ1n) is 6.49. The summed E-state index contributed by atoms with van der Waals surface area (Å²) in [5, 5.41) is 22.3. The molecule has 0 bridgehead atoms. The van der Waals surface area contributed by atoms with Crippen LogP contribution in [-0.4, -0.2) is 36.7 Å². The highest BCUT2D eigenvalue weighted by Crippen LogP contribution is 2.20. The number of hydrogen-bond acceptors (Lipinski definition) is 7. The Morgan fingerprint density at radius 3 is 2.77 bits per heavy atom. The van der Waals surface area contributed by atoms with Gasteiger partial charge in [-0.25, -0.2) is 4.79 Å². The number of esters is 1. The average Bonchev–Trinajstić information content (AvgIpc) is 2.85. The Morgan fingerprint density at radius 1 is 1.41 bits per heavy atom. The van der Waals surface area contributed by atoms with Gasteiger partial charge in [-0.3, -0.25) is 10.1 Å². The van der Waals surface area contributed by atoms with Crippen LogP contribution in [-0.2, 0) is 16.1 Å². The molecule has 0 spiro atoms. The molecule has 1 aromatic carbocycles. The lowest BCUT2D eigenvalue weighted by Crippen LogP contribution is -2.27. The fraction of sp³-hybridized carbons (Fsp3) is 0.385. The topological polar surface area (TPSA) is 113 Å². The van der Waals surface area contributed by atoms with Gasteiger partial charge >= 0.3 is 5.97 Å². The number of nitro groups is 1. The van der Waals surface area contributed by atoms with E-state index in [-0.39, 0.29) is 18.1 Å². The maximum Gasteiger partial charge on any atom is 0.330 e. The van der Waals surface area contributed by atoms with Gasteiger partial charge in [-0.2, -0.15) is 4.80 Å². The number of benzene rings is 1. The number of carbonyl (C=O) groups excluding carboxylic acids is 1. The number of aromatic nitrogens is 4. The molecule has 0 fully saturated rings. The van der Waals surface area contributed by atoms with Crippen molar-refractivity contribution in [3.8, 4) is 11.4 Å². The summed E-state index contributed by atoms with van der Waals surface area (Å²) >= 11 is 0. The van der Waals surface area contributed by atoms with E-state index >= 15 is 0 Å². The predicted octanol–water partition coefficient (Wildman–Crippen LogP) is 1.59. The third-order valence-electron chi connectivity index (χ3n) is 2.46. The molecule has 0 N–H and O–H groups in total. The molecule has 0 amide bonds. The third kappa shape index (κ3) is 4.08. The highest BCUT2D eigenvalue weighted by Gasteiger charge is 2.18. The van der Waals surface area contributed by atoms with Gasteiger partial charge in [0.2, 0.25) is 5.82 Å². The van der Waals surface area contributed by atoms with Gasteiger partial charge in [-0.1, -0.05) is 12.1 Å². The Morgan fingerprint density at radius 2 is 2.14 bits per heavy atom. The maximum atomic E-state index is 11.7. The van der Waals surface area contributed by atoms with Crippen molar-refractivity contribution >= 4 is 11.7 Å². The van der Waals surface area contributed by atoms with E-state index in [4.69, 9.17) is 4.74 Å². The first-order chi connectivity index (χ1) is 10.2. The van der Waals surface area contributed by atoms with Crippen molar-refractivity contribution < 1.29 is 14.5 Å². The smallest absolute Gasteiger partial charge is 0.330 e. The maximum absolute atomic E-state index is 11.7. The Balaban J connectivity index is 2.13. The van der Waals surface area contributed by atoms with Gasteiger partial charge in [0.05, 0.1) is 4.92 Å². The van der Waals surface area contributed by atoms with E-state index < -0.39 is 16.5 Å². The fourth-order valence-corrected chi connectivity index (χ4v) is 1.67. The number of nitrogens with zero attached hydrogens (tertiary/aromatic N) is 5. The Hall–Kier alpha value is -2.84. The molecule has 9 heteroatoms. The Kier molecular flexibility index (Phi) is 4.15. The molecule has 0 aliphatic carbocycles. The highest BCUT2D eigenvalue weighted by molar-refractivity contribution is 5.69. The van der Waals surface area contributed by atoms with E-state index in [2.05, 4.69) is 15.4 Å². The molecular weight excluding hydrogens is 290 g/mol. The quantitative estimate of drug-likeness (QED) is 0.478. The molecule has 0 saturated heterocycles. The summed E-state index contributed by atoms with van der Waals surface area (Å²) in [5.41, 5.74) is -0.216. The van der Waals surface area contributed by atoms with Crippen LogP contribution in [0.4, 0.5) is 5.69 Å². The minimum absolute atomic E-state index is 0.0685. The molecule has 2 aromatic rings. The molecule has 0 radical (unpaired) electrons. The van der Waals surface area contributed by atoms with Gasteiger partial charge < -0.3 is 4.74 Å². The molecule has 9 nitrogen and oxygen atoms in total. The molecule has 1 heterocycles. The number of nitro benzene ring substituents is 1. The van der Waals surface area contributed by atoms with Crippen molar-refractivity contribution in [1.82, 2.24) is 20.2 Å². The molecular formula is C13H15N5O4. The zero-order valence-electron chi connectivity index (χ0n) is 12.4. The van der Waals surface area contributed by atoms with E-state index in [1.807, 2.05) is 0 Å². The van der Waals surface area contributed by atoms with Gasteiger partial charge in [0.15, 0.2) is 6.54 Å². The zero-order chi connectivity index (χ0) is 16.3. The first-order valence-corrected chi connectivity index (χ1v) is 6.49. The first kappa shape index (κ1) is 15.5. The number of hydrogen-bond donors (Lipinski definition) is 0. The lowest BCUT2D eigenvalue weighted by Gasteiger charge is -2.18. The summed E-state index contributed by atoms with van der Waals surface area (Å²) in [4.78, 5) is 23.0. The molecule has 0 aliphatic heterocycles. The van der Waals surface area contributed by atoms with Crippen LogP contribution in [0.2, 0.25) is 0 Å². The Bertz CT molecular complexity index is 704. The van der Waals surface area contributed by atoms with Crippen molar-refractivity contribution in [1.29, 1.82) is 0 Å². The van der Waals surface area contributed by atoms with Crippen molar-refractivity contribution in [2.45, 2.75) is 32.9 Å². The lowest BCUT2D eigenvalue weighted by atomic mass is 10.2. The summed E-state index contributed by atoms with van der Waals surface area (Å²) in [6.45, 7) is 5.09. The van der Waals surface area contributed by atoms with E-state index in [9.17, 15) is 14.9 Å². The van der Waals surface area contributed by atoms with Crippen molar-refractivity contribution in [3.63, 3.8) is 0 Å². The number of tetrazole rings is 1. The van der Waals surface area contributed by atoms with Gasteiger partial charge in [0.25, 0.3) is 5.69 Å². The number of non-ortho nitro benzene ring substituents is 1. The Labute approximate surface area is 126 Å². The van der Waals surface area contributed by atoms with E-state index in [1.165, 1.54) is 18.2 Å². The van der Waals surface area contributed by atoms with Crippen LogP contribution < -0.4 is 0 Å². The molecule has 0 atom stereocenters. The summed E-state index contributed by atoms with van der Waals surface area (Å²) in [6, 6.07) is 5.87. The predicted molar refractivity (Wildman–Crippen MR) is 75.8 cm³/mol. The largest absolute Gasteiger partial charge is 0.459 e. The second kappa shape index (κ2) is 5.88. The third-order valence-corrected chi connectivity index (χ3v) is 2.46. The van der Waals surface area contributed by atoms with Crippen LogP contribution in [0.1, 0.15) is 20.8 Å². The van der Waals surface area contributed by atoms with Crippen molar-refractivity contribution in [2.24, 2.45) is 0 Å². The molecule has 0 aliphatic rings. The van der Waals surface area contributed by atoms with E-state index in [1.54, 1.807) is 26.8 Å². The van der Waals surface area contributed by atoms with Crippen LogP contribution in [0.3, 0.4) is 0 Å². The molecule has 116 valence electrons. The van der Waals surface area contributed by atoms with Gasteiger partial charge in [0.1, 0.15) is 5.60 Å². The minimum atomic E-state index is -0.597. The molecule has 0 saturated carbocycles. The summed E-state index contributed by atoms with van der Waals surface area (Å²) < 4.78 is 5.15. The standard InChI is InChI=1S/C13H15N5O4/c1-13(2,3)22-11(19)8-17-15-12(14-16-17)9-5-4-6-10(7-9)18(20)21/h4-7H,8H2,1-3H3. The van der Waals surface area contributed by atoms with Crippen LogP contribution in [0.15, 0.2) is 24.3 Å². The summed E-state index contributed by atoms with van der Waals surface area (Å²) in [5.74, 6) is -0.289. The zero-order valence-corrected chi connectivity index (χ0v) is 12.4. The number of carbonyl (C=O) groups is 1. The number of ether oxygens (including phenoxy) is 1. The molecule has 2 rings (SSSR count). The SMILES string of the molecule is CC(C)(C)OC(=O)Cn1nnc(-c2cccc([N+](=O)[O-])c2)n1. The normalized spacial score (nSPS) is 11.2. The van der Waals surface area contributed by atoms with Gasteiger partial charge in [-0.05, 0) is 26.0 Å². The fourth-order valence-electron chi connectivity index (χ4n) is 1.67. The molecule has 22 heavy (non-hydrogen) atoms. The van der Waals surface area contributed by atoms with Crippen molar-refractivity contribution in [3.05, 3.63) is 34.4 Å². The summed E-state index contributed by atoms with van der Waals surface area (Å²) in [6.07, 6.45) is 0. The summed E-state index contributed by atoms with van der Waals surface area (Å²) in [7, 11) is 0. The van der Waals surface area contributed by atoms with Gasteiger partial charge in [0, 0.05) is 17.7 Å². The molecule has 1 aromatic heterocycles. The second-order valence-corrected chi connectivity index (χ2v) is 5.54. The average molecular weight is 305 g/mol. The van der Waals surface area contributed by atoms with E-state index in [0.29, 0.717) is 5.56 Å². The molecule has 0 unspecified atom stereocenters. The van der Waals surface area contributed by atoms with E-state index in [0.717, 1.165) is 4.80 Å². The van der Waals surface area contributed by atoms with Crippen LogP contribution in [0, 0.1) is 10.1 Å². The lowest BCUT2D eigenvalue weighted by molar-refractivity contribution is -0.384. The van der Waals surface area contributed by atoms with Crippen LogP contribution >= 0.6 is 0 Å². The van der Waals surface area contributed by atoms with Crippen molar-refractivity contribution in [2.75, 3.05) is 0 Å². The van der Waals surface area contributed by atoms with Gasteiger partial charge in [-0.15, -0.1) is 10.2 Å². The second-order valence-electron chi connectivity index (χ2n) is 5.54. The highest BCUT2D eigenvalue weighted by atomic mass is 16.6. The number of rotatable bonds is 4. The van der Waals surface area contributed by atoms with Crippen LogP contribution in [0.5, 0.6) is 0 Å². The monoisotopic (exact) mass is 305 g/mol. The van der Waals surface area contributed by atoms with Crippen LogP contribution in [0.25, 0.3) is 11.4 Å². The minimum Gasteiger partial charge on any atom is -0.459 e.